The lowest BCUT2D eigenvalue weighted by Crippen LogP contribution is -2.25. The van der Waals surface area contributed by atoms with Crippen LogP contribution in [0.25, 0.3) is 11.4 Å². The van der Waals surface area contributed by atoms with Gasteiger partial charge in [-0.15, -0.1) is 0 Å². The molecule has 0 amide bonds. The monoisotopic (exact) mass is 356 g/mol. The molecule has 1 aromatic carbocycles. The van der Waals surface area contributed by atoms with Crippen molar-refractivity contribution < 1.29 is 8.42 Å². The molecule has 0 spiro atoms. The van der Waals surface area contributed by atoms with Gasteiger partial charge < -0.3 is 4.57 Å². The molecule has 2 aromatic heterocycles. The van der Waals surface area contributed by atoms with E-state index in [1.54, 1.807) is 42.9 Å². The fourth-order valence-corrected chi connectivity index (χ4v) is 3.58. The topological polar surface area (TPSA) is 76.9 Å². The van der Waals surface area contributed by atoms with Gasteiger partial charge in [0.15, 0.2) is 0 Å². The maximum Gasteiger partial charge on any atom is 0.240 e. The molecular formula is C18H20N4O2S. The summed E-state index contributed by atoms with van der Waals surface area (Å²) in [7, 11) is -3.47. The summed E-state index contributed by atoms with van der Waals surface area (Å²) in [5.41, 5.74) is 1.97. The minimum Gasteiger partial charge on any atom is -0.331 e. The van der Waals surface area contributed by atoms with Crippen LogP contribution >= 0.6 is 0 Å². The van der Waals surface area contributed by atoms with E-state index >= 15 is 0 Å². The Balaban J connectivity index is 1.58. The van der Waals surface area contributed by atoms with Gasteiger partial charge in [-0.25, -0.2) is 18.1 Å². The lowest BCUT2D eigenvalue weighted by molar-refractivity contribution is 0.570. The van der Waals surface area contributed by atoms with Gasteiger partial charge in [0, 0.05) is 43.4 Å². The Bertz CT molecular complexity index is 919. The van der Waals surface area contributed by atoms with Crippen LogP contribution in [0.1, 0.15) is 12.0 Å². The molecule has 0 bridgehead atoms. The minimum absolute atomic E-state index is 0.289. The number of nitrogens with zero attached hydrogens (tertiary/aromatic N) is 3. The molecule has 130 valence electrons. The summed E-state index contributed by atoms with van der Waals surface area (Å²) < 4.78 is 29.1. The third-order valence-electron chi connectivity index (χ3n) is 3.83. The number of sulfonamides is 1. The Morgan fingerprint density at radius 2 is 1.92 bits per heavy atom. The predicted octanol–water partition coefficient (Wildman–Crippen LogP) is 2.62. The first-order valence-corrected chi connectivity index (χ1v) is 9.52. The normalized spacial score (nSPS) is 11.6. The van der Waals surface area contributed by atoms with Crippen molar-refractivity contribution in [2.75, 3.05) is 6.54 Å². The van der Waals surface area contributed by atoms with Crippen LogP contribution in [0.5, 0.6) is 0 Å². The van der Waals surface area contributed by atoms with Crippen LogP contribution < -0.4 is 4.72 Å². The van der Waals surface area contributed by atoms with E-state index in [0.29, 0.717) is 19.5 Å². The zero-order valence-electron chi connectivity index (χ0n) is 14.0. The zero-order valence-corrected chi connectivity index (χ0v) is 14.8. The van der Waals surface area contributed by atoms with E-state index in [-0.39, 0.29) is 4.90 Å². The Kier molecular flexibility index (Phi) is 5.25. The highest BCUT2D eigenvalue weighted by atomic mass is 32.2. The lowest BCUT2D eigenvalue weighted by atomic mass is 10.2. The maximum absolute atomic E-state index is 12.3. The SMILES string of the molecule is Cc1ccc(S(=O)(=O)NCCCn2ccnc2-c2cccnc2)cc1. The molecule has 0 aliphatic heterocycles. The van der Waals surface area contributed by atoms with E-state index in [1.165, 1.54) is 0 Å². The van der Waals surface area contributed by atoms with Gasteiger partial charge in [-0.1, -0.05) is 17.7 Å². The van der Waals surface area contributed by atoms with Crippen molar-refractivity contribution >= 4 is 10.0 Å². The van der Waals surface area contributed by atoms with Crippen LogP contribution in [0.3, 0.4) is 0 Å². The standard InChI is InChI=1S/C18H20N4O2S/c1-15-5-7-17(8-6-15)25(23,24)21-10-3-12-22-13-11-20-18(22)16-4-2-9-19-14-16/h2,4-9,11,13-14,21H,3,10,12H2,1H3. The van der Waals surface area contributed by atoms with E-state index in [4.69, 9.17) is 0 Å². The number of hydrogen-bond donors (Lipinski definition) is 1. The van der Waals surface area contributed by atoms with Crippen molar-refractivity contribution in [1.29, 1.82) is 0 Å². The Morgan fingerprint density at radius 1 is 1.12 bits per heavy atom. The van der Waals surface area contributed by atoms with Crippen molar-refractivity contribution in [2.24, 2.45) is 0 Å². The van der Waals surface area contributed by atoms with Gasteiger partial charge >= 0.3 is 0 Å². The van der Waals surface area contributed by atoms with E-state index in [0.717, 1.165) is 17.0 Å². The smallest absolute Gasteiger partial charge is 0.240 e. The van der Waals surface area contributed by atoms with Crippen LogP contribution in [0.4, 0.5) is 0 Å². The van der Waals surface area contributed by atoms with Crippen LogP contribution in [0.15, 0.2) is 66.1 Å². The lowest BCUT2D eigenvalue weighted by Gasteiger charge is -2.09. The molecule has 2 heterocycles. The molecule has 3 aromatic rings. The Hall–Kier alpha value is -2.51. The Labute approximate surface area is 147 Å². The Morgan fingerprint density at radius 3 is 2.64 bits per heavy atom. The fraction of sp³-hybridized carbons (Fsp3) is 0.222. The predicted molar refractivity (Wildman–Crippen MR) is 96.4 cm³/mol. The number of aromatic nitrogens is 3. The number of hydrogen-bond acceptors (Lipinski definition) is 4. The third-order valence-corrected chi connectivity index (χ3v) is 5.31. The average Bonchev–Trinajstić information content (AvgIpc) is 3.08. The molecule has 0 saturated heterocycles. The number of nitrogens with one attached hydrogen (secondary N) is 1. The average molecular weight is 356 g/mol. The van der Waals surface area contributed by atoms with Crippen molar-refractivity contribution in [3.05, 3.63) is 66.7 Å². The molecule has 25 heavy (non-hydrogen) atoms. The summed E-state index contributed by atoms with van der Waals surface area (Å²) in [5, 5.41) is 0. The number of imidazole rings is 1. The molecule has 0 aliphatic rings. The van der Waals surface area contributed by atoms with Gasteiger partial charge in [-0.3, -0.25) is 4.98 Å². The summed E-state index contributed by atoms with van der Waals surface area (Å²) in [6, 6.07) is 10.6. The number of pyridine rings is 1. The van der Waals surface area contributed by atoms with Crippen molar-refractivity contribution in [3.63, 3.8) is 0 Å². The second-order valence-corrected chi connectivity index (χ2v) is 7.52. The molecule has 0 radical (unpaired) electrons. The first-order chi connectivity index (χ1) is 12.1. The number of aryl methyl sites for hydroxylation is 2. The summed E-state index contributed by atoms with van der Waals surface area (Å²) in [4.78, 5) is 8.75. The van der Waals surface area contributed by atoms with Gasteiger partial charge in [0.2, 0.25) is 10.0 Å². The summed E-state index contributed by atoms with van der Waals surface area (Å²) >= 11 is 0. The summed E-state index contributed by atoms with van der Waals surface area (Å²) in [6.45, 7) is 2.95. The molecular weight excluding hydrogens is 336 g/mol. The first-order valence-electron chi connectivity index (χ1n) is 8.04. The molecule has 0 atom stereocenters. The fourth-order valence-electron chi connectivity index (χ4n) is 2.50. The molecule has 3 rings (SSSR count). The van der Waals surface area contributed by atoms with Gasteiger partial charge in [-0.05, 0) is 37.6 Å². The first kappa shape index (κ1) is 17.3. The van der Waals surface area contributed by atoms with Gasteiger partial charge in [0.25, 0.3) is 0 Å². The van der Waals surface area contributed by atoms with Crippen molar-refractivity contribution in [1.82, 2.24) is 19.3 Å². The van der Waals surface area contributed by atoms with Crippen molar-refractivity contribution in [3.8, 4) is 11.4 Å². The highest BCUT2D eigenvalue weighted by Crippen LogP contribution is 2.16. The van der Waals surface area contributed by atoms with E-state index < -0.39 is 10.0 Å². The highest BCUT2D eigenvalue weighted by Gasteiger charge is 2.13. The van der Waals surface area contributed by atoms with E-state index in [9.17, 15) is 8.42 Å². The zero-order chi connectivity index (χ0) is 17.7. The van der Waals surface area contributed by atoms with E-state index in [2.05, 4.69) is 14.7 Å². The van der Waals surface area contributed by atoms with Gasteiger partial charge in [-0.2, -0.15) is 0 Å². The van der Waals surface area contributed by atoms with Crippen LogP contribution in [0, 0.1) is 6.92 Å². The molecule has 0 fully saturated rings. The second-order valence-electron chi connectivity index (χ2n) is 5.75. The molecule has 6 nitrogen and oxygen atoms in total. The molecule has 7 heteroatoms. The number of benzene rings is 1. The molecule has 0 saturated carbocycles. The van der Waals surface area contributed by atoms with Gasteiger partial charge in [0.05, 0.1) is 4.90 Å². The molecule has 0 unspecified atom stereocenters. The largest absolute Gasteiger partial charge is 0.331 e. The second kappa shape index (κ2) is 7.58. The van der Waals surface area contributed by atoms with Crippen LogP contribution in [-0.4, -0.2) is 29.5 Å². The summed E-state index contributed by atoms with van der Waals surface area (Å²) in [5.74, 6) is 0.828. The maximum atomic E-state index is 12.3. The van der Waals surface area contributed by atoms with Crippen LogP contribution in [-0.2, 0) is 16.6 Å². The molecule has 0 aliphatic carbocycles. The summed E-state index contributed by atoms with van der Waals surface area (Å²) in [6.07, 6.45) is 7.76. The van der Waals surface area contributed by atoms with Crippen LogP contribution in [0.2, 0.25) is 0 Å². The quantitative estimate of drug-likeness (QED) is 0.660. The molecule has 1 N–H and O–H groups in total. The number of rotatable bonds is 7. The highest BCUT2D eigenvalue weighted by molar-refractivity contribution is 7.89. The van der Waals surface area contributed by atoms with E-state index in [1.807, 2.05) is 29.8 Å². The third kappa shape index (κ3) is 4.32. The van der Waals surface area contributed by atoms with Crippen molar-refractivity contribution in [2.45, 2.75) is 24.8 Å². The van der Waals surface area contributed by atoms with Gasteiger partial charge in [0.1, 0.15) is 5.82 Å². The minimum atomic E-state index is -3.47.